The number of methoxy groups -OCH3 is 1. The lowest BCUT2D eigenvalue weighted by Crippen LogP contribution is -2.40. The van der Waals surface area contributed by atoms with Gasteiger partial charge < -0.3 is 18.9 Å². The third kappa shape index (κ3) is 5.70. The van der Waals surface area contributed by atoms with Crippen LogP contribution in [0.5, 0.6) is 17.2 Å². The molecule has 220 valence electrons. The van der Waals surface area contributed by atoms with Gasteiger partial charge in [-0.05, 0) is 61.4 Å². The Labute approximate surface area is 261 Å². The first-order valence-corrected chi connectivity index (χ1v) is 15.2. The number of carbonyl (C=O) groups excluding carboxylic acids is 1. The number of hydrogen-bond donors (Lipinski definition) is 0. The zero-order chi connectivity index (χ0) is 30.7. The molecule has 1 aromatic heterocycles. The Morgan fingerprint density at radius 3 is 2.63 bits per heavy atom. The molecule has 0 bridgehead atoms. The highest BCUT2D eigenvalue weighted by Gasteiger charge is 2.35. The molecule has 0 saturated carbocycles. The number of esters is 1. The summed E-state index contributed by atoms with van der Waals surface area (Å²) in [5.74, 6) is 3.50. The molecule has 0 aliphatic carbocycles. The number of thiazole rings is 1. The van der Waals surface area contributed by atoms with E-state index in [2.05, 4.69) is 21.9 Å². The van der Waals surface area contributed by atoms with Crippen molar-refractivity contribution in [2.75, 3.05) is 26.9 Å². The molecule has 2 heterocycles. The van der Waals surface area contributed by atoms with Gasteiger partial charge in [0.15, 0.2) is 16.3 Å². The number of allylic oxidation sites excluding steroid dienone is 1. The highest BCUT2D eigenvalue weighted by atomic mass is 79.9. The van der Waals surface area contributed by atoms with E-state index in [1.807, 2.05) is 43.3 Å². The number of fused-ring (bicyclic) bond motifs is 2. The summed E-state index contributed by atoms with van der Waals surface area (Å²) in [4.78, 5) is 32.8. The van der Waals surface area contributed by atoms with Crippen LogP contribution in [0.3, 0.4) is 0 Å². The zero-order valence-corrected chi connectivity index (χ0v) is 26.5. The van der Waals surface area contributed by atoms with Crippen LogP contribution in [0.4, 0.5) is 0 Å². The first-order chi connectivity index (χ1) is 20.8. The molecule has 1 aliphatic heterocycles. The van der Waals surface area contributed by atoms with Gasteiger partial charge in [-0.1, -0.05) is 63.5 Å². The van der Waals surface area contributed by atoms with Gasteiger partial charge in [0.25, 0.3) is 5.56 Å². The van der Waals surface area contributed by atoms with E-state index in [4.69, 9.17) is 30.4 Å². The van der Waals surface area contributed by atoms with Gasteiger partial charge in [0.1, 0.15) is 12.4 Å². The third-order valence-corrected chi connectivity index (χ3v) is 8.58. The lowest BCUT2D eigenvalue weighted by molar-refractivity contribution is -0.139. The Morgan fingerprint density at radius 1 is 1.12 bits per heavy atom. The van der Waals surface area contributed by atoms with Gasteiger partial charge in [-0.2, -0.15) is 0 Å². The van der Waals surface area contributed by atoms with Crippen LogP contribution in [0, 0.1) is 12.3 Å². The van der Waals surface area contributed by atoms with Crippen LogP contribution in [0.1, 0.15) is 37.9 Å². The number of benzene rings is 3. The molecule has 1 aliphatic rings. The van der Waals surface area contributed by atoms with Crippen molar-refractivity contribution in [1.82, 2.24) is 4.57 Å². The Kier molecular flexibility index (Phi) is 9.04. The average Bonchev–Trinajstić information content (AvgIpc) is 3.30. The molecule has 0 spiro atoms. The summed E-state index contributed by atoms with van der Waals surface area (Å²) >= 11 is 4.89. The summed E-state index contributed by atoms with van der Waals surface area (Å²) in [5, 5.41) is 1.89. The molecule has 8 nitrogen and oxygen atoms in total. The lowest BCUT2D eigenvalue weighted by atomic mass is 9.95. The van der Waals surface area contributed by atoms with Gasteiger partial charge in [-0.25, -0.2) is 9.79 Å². The van der Waals surface area contributed by atoms with Gasteiger partial charge in [-0.3, -0.25) is 9.36 Å². The second-order valence-corrected chi connectivity index (χ2v) is 11.3. The molecular formula is C33H29BrN2O6S. The molecule has 4 aromatic rings. The number of ether oxygens (including phenoxy) is 4. The third-order valence-electron chi connectivity index (χ3n) is 6.91. The molecule has 0 unspecified atom stereocenters. The maximum atomic E-state index is 14.3. The van der Waals surface area contributed by atoms with E-state index in [-0.39, 0.29) is 24.3 Å². The summed E-state index contributed by atoms with van der Waals surface area (Å²) in [6.45, 7) is 6.04. The zero-order valence-electron chi connectivity index (χ0n) is 24.1. The van der Waals surface area contributed by atoms with Crippen molar-refractivity contribution < 1.29 is 23.7 Å². The van der Waals surface area contributed by atoms with Crippen molar-refractivity contribution >= 4 is 50.1 Å². The van der Waals surface area contributed by atoms with Gasteiger partial charge in [0.2, 0.25) is 0 Å². The molecule has 0 saturated heterocycles. The van der Waals surface area contributed by atoms with Crippen LogP contribution < -0.4 is 29.1 Å². The minimum absolute atomic E-state index is 0.0795. The number of carbonyl (C=O) groups is 1. The Balaban J connectivity index is 1.79. The van der Waals surface area contributed by atoms with Crippen molar-refractivity contribution in [1.29, 1.82) is 0 Å². The van der Waals surface area contributed by atoms with Crippen molar-refractivity contribution in [2.24, 2.45) is 4.99 Å². The predicted molar refractivity (Wildman–Crippen MR) is 171 cm³/mol. The Hall–Kier alpha value is -4.33. The molecule has 0 N–H and O–H groups in total. The largest absolute Gasteiger partial charge is 0.493 e. The minimum atomic E-state index is -0.846. The standard InChI is InChI=1S/C33H29BrN2O6S/c1-6-15-42-25-14-13-20-11-9-10-12-21(20)22(25)17-28-31(37)36-30(23-16-26(39-5)27(40-7-2)18-24(23)34)29(32(38)41-8-3)19(4)35-33(36)43-28/h1,9-14,16-18,30H,7-8,15H2,2-5H3/b28-17+/t30-/m0/s1. The molecule has 0 radical (unpaired) electrons. The monoisotopic (exact) mass is 660 g/mol. The molecule has 1 atom stereocenters. The fourth-order valence-electron chi connectivity index (χ4n) is 5.07. The van der Waals surface area contributed by atoms with Crippen LogP contribution in [0.15, 0.2) is 74.1 Å². The van der Waals surface area contributed by atoms with Crippen molar-refractivity contribution in [2.45, 2.75) is 26.8 Å². The SMILES string of the molecule is C#CCOc1ccc2ccccc2c1/C=c1/sc2n(c1=O)[C@@H](c1cc(OC)c(OCC)cc1Br)C(C(=O)OCC)=C(C)N=2. The topological polar surface area (TPSA) is 88.3 Å². The summed E-state index contributed by atoms with van der Waals surface area (Å²) in [5.41, 5.74) is 1.74. The molecule has 10 heteroatoms. The number of halogens is 1. The summed E-state index contributed by atoms with van der Waals surface area (Å²) in [7, 11) is 1.54. The molecule has 0 fully saturated rings. The van der Waals surface area contributed by atoms with E-state index in [1.165, 1.54) is 15.9 Å². The van der Waals surface area contributed by atoms with E-state index in [0.29, 0.717) is 48.9 Å². The molecular weight excluding hydrogens is 632 g/mol. The second kappa shape index (κ2) is 12.9. The first-order valence-electron chi connectivity index (χ1n) is 13.6. The van der Waals surface area contributed by atoms with Crippen LogP contribution in [-0.4, -0.2) is 37.5 Å². The van der Waals surface area contributed by atoms with Crippen molar-refractivity contribution in [3.05, 3.63) is 95.1 Å². The summed E-state index contributed by atoms with van der Waals surface area (Å²) in [6.07, 6.45) is 7.27. The number of aromatic nitrogens is 1. The highest BCUT2D eigenvalue weighted by Crippen LogP contribution is 2.41. The summed E-state index contributed by atoms with van der Waals surface area (Å²) < 4.78 is 25.3. The molecule has 43 heavy (non-hydrogen) atoms. The maximum absolute atomic E-state index is 14.3. The molecule has 0 amide bonds. The smallest absolute Gasteiger partial charge is 0.338 e. The maximum Gasteiger partial charge on any atom is 0.338 e. The van der Waals surface area contributed by atoms with Crippen LogP contribution >= 0.6 is 27.3 Å². The first kappa shape index (κ1) is 30.1. The quantitative estimate of drug-likeness (QED) is 0.183. The van der Waals surface area contributed by atoms with Gasteiger partial charge in [-0.15, -0.1) is 6.42 Å². The Bertz CT molecular complexity index is 1990. The molecule has 3 aromatic carbocycles. The minimum Gasteiger partial charge on any atom is -0.493 e. The average molecular weight is 662 g/mol. The van der Waals surface area contributed by atoms with Gasteiger partial charge in [0, 0.05) is 10.0 Å². The van der Waals surface area contributed by atoms with E-state index in [0.717, 1.165) is 16.3 Å². The predicted octanol–water partition coefficient (Wildman–Crippen LogP) is 5.13. The van der Waals surface area contributed by atoms with Crippen molar-refractivity contribution in [3.8, 4) is 29.6 Å². The van der Waals surface area contributed by atoms with E-state index < -0.39 is 12.0 Å². The number of rotatable bonds is 9. The van der Waals surface area contributed by atoms with E-state index in [1.54, 1.807) is 39.2 Å². The van der Waals surface area contributed by atoms with E-state index >= 15 is 0 Å². The van der Waals surface area contributed by atoms with Gasteiger partial charge in [0.05, 0.1) is 42.2 Å². The van der Waals surface area contributed by atoms with E-state index in [9.17, 15) is 9.59 Å². The number of terminal acetylenes is 1. The molecule has 5 rings (SSSR count). The number of nitrogens with zero attached hydrogens (tertiary/aromatic N) is 2. The second-order valence-electron chi connectivity index (χ2n) is 9.45. The normalized spacial score (nSPS) is 14.6. The highest BCUT2D eigenvalue weighted by molar-refractivity contribution is 9.10. The van der Waals surface area contributed by atoms with Crippen LogP contribution in [0.25, 0.3) is 16.8 Å². The van der Waals surface area contributed by atoms with Crippen LogP contribution in [-0.2, 0) is 9.53 Å². The van der Waals surface area contributed by atoms with Crippen molar-refractivity contribution in [3.63, 3.8) is 0 Å². The fraction of sp³-hybridized carbons (Fsp3) is 0.242. The number of hydrogen-bond acceptors (Lipinski definition) is 8. The summed E-state index contributed by atoms with van der Waals surface area (Å²) in [6, 6.07) is 14.3. The lowest BCUT2D eigenvalue weighted by Gasteiger charge is -2.26. The van der Waals surface area contributed by atoms with Gasteiger partial charge >= 0.3 is 5.97 Å². The Morgan fingerprint density at radius 2 is 1.91 bits per heavy atom. The fourth-order valence-corrected chi connectivity index (χ4v) is 6.64. The van der Waals surface area contributed by atoms with Crippen LogP contribution in [0.2, 0.25) is 0 Å².